The number of likely N-dealkylation sites (tertiary alicyclic amines) is 1. The smallest absolute Gasteiger partial charge is 0.238 e. The Kier molecular flexibility index (Phi) is 3.28. The first-order valence-corrected chi connectivity index (χ1v) is 9.00. The molecule has 0 aromatic heterocycles. The Bertz CT molecular complexity index is 633. The molecule has 5 unspecified atom stereocenters. The van der Waals surface area contributed by atoms with Crippen LogP contribution < -0.4 is 10.6 Å². The monoisotopic (exact) mass is 330 g/mol. The van der Waals surface area contributed by atoms with Crippen LogP contribution in [0.4, 0.5) is 0 Å². The minimum Gasteiger partial charge on any atom is -0.350 e. The van der Waals surface area contributed by atoms with Crippen molar-refractivity contribution in [2.75, 3.05) is 13.6 Å². The molecule has 6 nitrogen and oxygen atoms in total. The highest BCUT2D eigenvalue weighted by Crippen LogP contribution is 2.64. The third-order valence-corrected chi connectivity index (χ3v) is 6.95. The van der Waals surface area contributed by atoms with Crippen LogP contribution in [0.2, 0.25) is 0 Å². The maximum atomic E-state index is 12.7. The minimum atomic E-state index is -0.587. The number of nitriles is 1. The summed E-state index contributed by atoms with van der Waals surface area (Å²) in [6.45, 7) is 5.38. The summed E-state index contributed by atoms with van der Waals surface area (Å²) in [5, 5.41) is 15.4. The summed E-state index contributed by atoms with van der Waals surface area (Å²) >= 11 is 0. The number of carbonyl (C=O) groups excluding carboxylic acids is 2. The fourth-order valence-corrected chi connectivity index (χ4v) is 5.16. The number of nitrogens with zero attached hydrogens (tertiary/aromatic N) is 2. The molecule has 6 heteroatoms. The van der Waals surface area contributed by atoms with Crippen LogP contribution in [0, 0.1) is 34.5 Å². The van der Waals surface area contributed by atoms with E-state index in [1.807, 2.05) is 7.05 Å². The summed E-state index contributed by atoms with van der Waals surface area (Å²) in [5.74, 6) is 0.800. The third kappa shape index (κ3) is 2.33. The van der Waals surface area contributed by atoms with Gasteiger partial charge in [-0.15, -0.1) is 0 Å². The second-order valence-corrected chi connectivity index (χ2v) is 8.93. The molecule has 4 aliphatic rings. The number of carbonyl (C=O) groups is 2. The lowest BCUT2D eigenvalue weighted by Crippen LogP contribution is -2.49. The predicted molar refractivity (Wildman–Crippen MR) is 87.6 cm³/mol. The van der Waals surface area contributed by atoms with E-state index in [9.17, 15) is 14.9 Å². The molecular formula is C18H26N4O2. The average molecular weight is 330 g/mol. The minimum absolute atomic E-state index is 0.0166. The number of fused-ring (bicyclic) bond motifs is 1. The van der Waals surface area contributed by atoms with Crippen molar-refractivity contribution >= 4 is 11.8 Å². The molecule has 0 aromatic rings. The fraction of sp³-hybridized carbons (Fsp3) is 0.833. The molecule has 4 rings (SSSR count). The Morgan fingerprint density at radius 1 is 1.50 bits per heavy atom. The molecule has 1 spiro atoms. The van der Waals surface area contributed by atoms with Gasteiger partial charge in [-0.2, -0.15) is 5.26 Å². The van der Waals surface area contributed by atoms with Gasteiger partial charge in [-0.05, 0) is 50.0 Å². The van der Waals surface area contributed by atoms with E-state index in [4.69, 9.17) is 0 Å². The Hall–Kier alpha value is -1.61. The average Bonchev–Trinajstić information content (AvgIpc) is 3.24. The lowest BCUT2D eigenvalue weighted by Gasteiger charge is -2.27. The molecule has 130 valence electrons. The van der Waals surface area contributed by atoms with Crippen LogP contribution in [-0.4, -0.2) is 47.9 Å². The predicted octanol–water partition coefficient (Wildman–Crippen LogP) is 0.640. The highest BCUT2D eigenvalue weighted by Gasteiger charge is 2.67. The molecule has 5 atom stereocenters. The number of amides is 2. The molecule has 4 fully saturated rings. The van der Waals surface area contributed by atoms with Gasteiger partial charge in [0.15, 0.2) is 0 Å². The number of hydrogen-bond donors (Lipinski definition) is 2. The van der Waals surface area contributed by atoms with Crippen molar-refractivity contribution in [3.05, 3.63) is 0 Å². The maximum absolute atomic E-state index is 12.7. The molecule has 2 saturated carbocycles. The van der Waals surface area contributed by atoms with Crippen molar-refractivity contribution in [1.29, 1.82) is 5.26 Å². The topological polar surface area (TPSA) is 85.2 Å². The van der Waals surface area contributed by atoms with E-state index in [0.29, 0.717) is 18.3 Å². The van der Waals surface area contributed by atoms with Gasteiger partial charge in [0.25, 0.3) is 0 Å². The summed E-state index contributed by atoms with van der Waals surface area (Å²) in [4.78, 5) is 26.9. The van der Waals surface area contributed by atoms with Crippen molar-refractivity contribution in [3.63, 3.8) is 0 Å². The molecule has 2 heterocycles. The number of likely N-dealkylation sites (N-methyl/N-ethyl adjacent to an activating group) is 1. The van der Waals surface area contributed by atoms with Crippen molar-refractivity contribution in [2.24, 2.45) is 23.2 Å². The molecule has 2 saturated heterocycles. The third-order valence-electron chi connectivity index (χ3n) is 6.95. The highest BCUT2D eigenvalue weighted by atomic mass is 16.2. The lowest BCUT2D eigenvalue weighted by atomic mass is 9.95. The van der Waals surface area contributed by atoms with Gasteiger partial charge in [-0.1, -0.05) is 13.8 Å². The molecule has 0 aromatic carbocycles. The van der Waals surface area contributed by atoms with Gasteiger partial charge in [0, 0.05) is 18.0 Å². The van der Waals surface area contributed by atoms with Gasteiger partial charge in [0.05, 0.1) is 12.1 Å². The van der Waals surface area contributed by atoms with Crippen molar-refractivity contribution < 1.29 is 9.59 Å². The summed E-state index contributed by atoms with van der Waals surface area (Å²) < 4.78 is 0. The van der Waals surface area contributed by atoms with Crippen LogP contribution >= 0.6 is 0 Å². The Balaban J connectivity index is 1.37. The van der Waals surface area contributed by atoms with Gasteiger partial charge in [0.1, 0.15) is 6.04 Å². The van der Waals surface area contributed by atoms with Crippen LogP contribution in [0.25, 0.3) is 0 Å². The zero-order valence-corrected chi connectivity index (χ0v) is 14.6. The van der Waals surface area contributed by atoms with Crippen LogP contribution in [0.15, 0.2) is 0 Å². The Morgan fingerprint density at radius 2 is 2.21 bits per heavy atom. The fourth-order valence-electron chi connectivity index (χ4n) is 5.16. The van der Waals surface area contributed by atoms with E-state index in [0.717, 1.165) is 25.8 Å². The van der Waals surface area contributed by atoms with Crippen LogP contribution in [-0.2, 0) is 9.59 Å². The van der Waals surface area contributed by atoms with Crippen LogP contribution in [0.1, 0.15) is 39.5 Å². The zero-order chi connectivity index (χ0) is 17.3. The van der Waals surface area contributed by atoms with E-state index in [1.165, 1.54) is 0 Å². The van der Waals surface area contributed by atoms with E-state index in [-0.39, 0.29) is 34.7 Å². The van der Waals surface area contributed by atoms with Crippen molar-refractivity contribution in [1.82, 2.24) is 15.5 Å². The summed E-state index contributed by atoms with van der Waals surface area (Å²) in [5.41, 5.74) is 0.239. The standard InChI is InChI=1S/C18H26N4O2/c1-17(2)12-9-22(3)14(13(12)17)16(24)20-11(8-19)6-10-7-18(4-5-18)21-15(10)23/h10-14H,4-7,9H2,1-3H3,(H,20,24)(H,21,23). The number of rotatable bonds is 4. The number of hydrogen-bond acceptors (Lipinski definition) is 4. The summed E-state index contributed by atoms with van der Waals surface area (Å²) in [7, 11) is 1.98. The first-order valence-electron chi connectivity index (χ1n) is 9.00. The first kappa shape index (κ1) is 15.9. The Labute approximate surface area is 142 Å². The Morgan fingerprint density at radius 3 is 2.75 bits per heavy atom. The van der Waals surface area contributed by atoms with E-state index >= 15 is 0 Å². The number of nitrogens with one attached hydrogen (secondary N) is 2. The molecule has 2 N–H and O–H groups in total. The molecule has 0 radical (unpaired) electrons. The maximum Gasteiger partial charge on any atom is 0.238 e. The van der Waals surface area contributed by atoms with E-state index in [2.05, 4.69) is 35.5 Å². The molecule has 2 amide bonds. The summed E-state index contributed by atoms with van der Waals surface area (Å²) in [6, 6.07) is 1.45. The lowest BCUT2D eigenvalue weighted by molar-refractivity contribution is -0.127. The molecule has 2 aliphatic heterocycles. The normalized spacial score (nSPS) is 39.0. The zero-order valence-electron chi connectivity index (χ0n) is 14.6. The van der Waals surface area contributed by atoms with Gasteiger partial charge >= 0.3 is 0 Å². The van der Waals surface area contributed by atoms with Crippen molar-refractivity contribution in [2.45, 2.75) is 57.2 Å². The molecular weight excluding hydrogens is 304 g/mol. The van der Waals surface area contributed by atoms with Crippen LogP contribution in [0.5, 0.6) is 0 Å². The second kappa shape index (κ2) is 4.95. The molecule has 2 aliphatic carbocycles. The van der Waals surface area contributed by atoms with Gasteiger partial charge in [-0.25, -0.2) is 0 Å². The highest BCUT2D eigenvalue weighted by molar-refractivity contribution is 5.85. The van der Waals surface area contributed by atoms with Crippen molar-refractivity contribution in [3.8, 4) is 6.07 Å². The largest absolute Gasteiger partial charge is 0.350 e. The van der Waals surface area contributed by atoms with Gasteiger partial charge < -0.3 is 10.6 Å². The quantitative estimate of drug-likeness (QED) is 0.792. The van der Waals surface area contributed by atoms with Gasteiger partial charge in [-0.3, -0.25) is 14.5 Å². The van der Waals surface area contributed by atoms with E-state index < -0.39 is 6.04 Å². The molecule has 0 bridgehead atoms. The number of piperidine rings is 1. The summed E-state index contributed by atoms with van der Waals surface area (Å²) in [6.07, 6.45) is 3.32. The second-order valence-electron chi connectivity index (χ2n) is 8.93. The SMILES string of the molecule is CN1CC2C(C1C(=O)NC(C#N)CC1CC3(CC3)NC1=O)C2(C)C. The van der Waals surface area contributed by atoms with Crippen LogP contribution in [0.3, 0.4) is 0 Å². The van der Waals surface area contributed by atoms with Gasteiger partial charge in [0.2, 0.25) is 11.8 Å². The molecule has 24 heavy (non-hydrogen) atoms. The first-order chi connectivity index (χ1) is 11.3. The van der Waals surface area contributed by atoms with E-state index in [1.54, 1.807) is 0 Å².